The Labute approximate surface area is 145 Å². The fourth-order valence-electron chi connectivity index (χ4n) is 2.81. The van der Waals surface area contributed by atoms with Crippen LogP contribution >= 0.6 is 22.9 Å². The lowest BCUT2D eigenvalue weighted by Gasteiger charge is -2.11. The van der Waals surface area contributed by atoms with Crippen LogP contribution in [0, 0.1) is 13.8 Å². The van der Waals surface area contributed by atoms with E-state index < -0.39 is 0 Å². The molecule has 1 aromatic carbocycles. The molecule has 0 bridgehead atoms. The van der Waals surface area contributed by atoms with E-state index in [1.165, 1.54) is 24.2 Å². The third-order valence-electron chi connectivity index (χ3n) is 4.04. The second kappa shape index (κ2) is 6.99. The first-order chi connectivity index (χ1) is 11.0. The zero-order valence-corrected chi connectivity index (χ0v) is 14.9. The lowest BCUT2D eigenvalue weighted by Crippen LogP contribution is -2.18. The second-order valence-corrected chi connectivity index (χ2v) is 7.44. The summed E-state index contributed by atoms with van der Waals surface area (Å²) in [6, 6.07) is 5.45. The van der Waals surface area contributed by atoms with Crippen molar-refractivity contribution in [2.24, 2.45) is 0 Å². The summed E-state index contributed by atoms with van der Waals surface area (Å²) in [7, 11) is 0. The number of hydrogen-bond donors (Lipinski definition) is 1. The van der Waals surface area contributed by atoms with E-state index >= 15 is 0 Å². The van der Waals surface area contributed by atoms with E-state index in [2.05, 4.69) is 15.2 Å². The minimum atomic E-state index is -0.0990. The molecular formula is C17H20ClN3OS. The first-order valence-electron chi connectivity index (χ1n) is 7.79. The molecule has 23 heavy (non-hydrogen) atoms. The lowest BCUT2D eigenvalue weighted by molar-refractivity contribution is 0.102. The summed E-state index contributed by atoms with van der Waals surface area (Å²) in [6.07, 6.45) is 2.51. The summed E-state index contributed by atoms with van der Waals surface area (Å²) in [4.78, 5) is 20.2. The molecule has 1 aliphatic rings. The molecule has 2 aromatic rings. The van der Waals surface area contributed by atoms with E-state index in [-0.39, 0.29) is 5.91 Å². The summed E-state index contributed by atoms with van der Waals surface area (Å²) >= 11 is 7.45. The molecule has 1 aliphatic heterocycles. The molecule has 0 spiro atoms. The number of amides is 1. The van der Waals surface area contributed by atoms with Crippen LogP contribution in [0.4, 0.5) is 5.69 Å². The van der Waals surface area contributed by atoms with Gasteiger partial charge in [0.15, 0.2) is 0 Å². The lowest BCUT2D eigenvalue weighted by atomic mass is 10.2. The maximum absolute atomic E-state index is 12.5. The van der Waals surface area contributed by atoms with Crippen LogP contribution in [0.2, 0.25) is 5.02 Å². The molecule has 1 fully saturated rings. The van der Waals surface area contributed by atoms with Crippen LogP contribution in [-0.4, -0.2) is 28.9 Å². The van der Waals surface area contributed by atoms with Crippen LogP contribution in [0.25, 0.3) is 0 Å². The van der Waals surface area contributed by atoms with Crippen LogP contribution in [-0.2, 0) is 6.54 Å². The van der Waals surface area contributed by atoms with Crippen molar-refractivity contribution in [2.75, 3.05) is 18.4 Å². The Bertz CT molecular complexity index is 723. The van der Waals surface area contributed by atoms with E-state index in [1.54, 1.807) is 6.07 Å². The largest absolute Gasteiger partial charge is 0.321 e. The molecule has 2 heterocycles. The fraction of sp³-hybridized carbons (Fsp3) is 0.412. The highest BCUT2D eigenvalue weighted by Gasteiger charge is 2.19. The molecule has 4 nitrogen and oxygen atoms in total. The minimum Gasteiger partial charge on any atom is -0.321 e. The molecule has 1 amide bonds. The van der Waals surface area contributed by atoms with Crippen molar-refractivity contribution in [3.05, 3.63) is 44.4 Å². The highest BCUT2D eigenvalue weighted by Crippen LogP contribution is 2.24. The summed E-state index contributed by atoms with van der Waals surface area (Å²) < 4.78 is 0. The van der Waals surface area contributed by atoms with Crippen molar-refractivity contribution >= 4 is 34.5 Å². The summed E-state index contributed by atoms with van der Waals surface area (Å²) in [6.45, 7) is 6.93. The molecule has 0 aliphatic carbocycles. The first-order valence-corrected chi connectivity index (χ1v) is 8.98. The number of likely N-dealkylation sites (tertiary alicyclic amines) is 1. The van der Waals surface area contributed by atoms with Crippen molar-refractivity contribution in [1.29, 1.82) is 0 Å². The van der Waals surface area contributed by atoms with E-state index in [1.807, 2.05) is 26.0 Å². The Morgan fingerprint density at radius 1 is 1.35 bits per heavy atom. The van der Waals surface area contributed by atoms with Gasteiger partial charge in [0, 0.05) is 10.7 Å². The van der Waals surface area contributed by atoms with Gasteiger partial charge in [0.1, 0.15) is 9.88 Å². The average Bonchev–Trinajstić information content (AvgIpc) is 3.12. The molecule has 0 unspecified atom stereocenters. The Hall–Kier alpha value is -1.43. The zero-order chi connectivity index (χ0) is 16.4. The Morgan fingerprint density at radius 3 is 2.78 bits per heavy atom. The van der Waals surface area contributed by atoms with Crippen LogP contribution in [0.1, 0.15) is 38.8 Å². The number of hydrogen-bond acceptors (Lipinski definition) is 4. The van der Waals surface area contributed by atoms with Crippen molar-refractivity contribution in [2.45, 2.75) is 33.2 Å². The molecule has 0 atom stereocenters. The van der Waals surface area contributed by atoms with Crippen LogP contribution < -0.4 is 5.32 Å². The molecule has 6 heteroatoms. The van der Waals surface area contributed by atoms with Gasteiger partial charge in [-0.05, 0) is 63.5 Å². The summed E-state index contributed by atoms with van der Waals surface area (Å²) in [5, 5.41) is 4.65. The van der Waals surface area contributed by atoms with Crippen molar-refractivity contribution in [1.82, 2.24) is 9.88 Å². The molecule has 1 saturated heterocycles. The molecule has 1 N–H and O–H groups in total. The second-order valence-electron chi connectivity index (χ2n) is 5.92. The summed E-state index contributed by atoms with van der Waals surface area (Å²) in [5.41, 5.74) is 2.53. The number of rotatable bonds is 4. The van der Waals surface area contributed by atoms with E-state index in [0.29, 0.717) is 9.90 Å². The van der Waals surface area contributed by atoms with Gasteiger partial charge in [0.2, 0.25) is 0 Å². The van der Waals surface area contributed by atoms with Crippen molar-refractivity contribution in [3.8, 4) is 0 Å². The van der Waals surface area contributed by atoms with E-state index in [9.17, 15) is 4.79 Å². The number of thiazole rings is 1. The monoisotopic (exact) mass is 349 g/mol. The third kappa shape index (κ3) is 3.91. The van der Waals surface area contributed by atoms with E-state index in [4.69, 9.17) is 11.6 Å². The Kier molecular flexibility index (Phi) is 4.99. The first kappa shape index (κ1) is 16.4. The number of nitrogens with one attached hydrogen (secondary N) is 1. The van der Waals surface area contributed by atoms with Gasteiger partial charge in [-0.1, -0.05) is 11.6 Å². The van der Waals surface area contributed by atoms with Gasteiger partial charge in [-0.15, -0.1) is 11.3 Å². The molecule has 0 saturated carbocycles. The predicted octanol–water partition coefficient (Wildman–Crippen LogP) is 4.26. The maximum atomic E-state index is 12.5. The predicted molar refractivity (Wildman–Crippen MR) is 95.5 cm³/mol. The minimum absolute atomic E-state index is 0.0990. The SMILES string of the molecule is Cc1cc(Cl)ccc1NC(=O)c1sc(CN2CCCC2)nc1C. The Morgan fingerprint density at radius 2 is 2.09 bits per heavy atom. The number of benzene rings is 1. The number of aryl methyl sites for hydroxylation is 2. The number of halogens is 1. The van der Waals surface area contributed by atoms with Crippen LogP contribution in [0.15, 0.2) is 18.2 Å². The summed E-state index contributed by atoms with van der Waals surface area (Å²) in [5.74, 6) is -0.0990. The smallest absolute Gasteiger partial charge is 0.267 e. The molecule has 0 radical (unpaired) electrons. The normalized spacial score (nSPS) is 15.1. The van der Waals surface area contributed by atoms with Crippen LogP contribution in [0.3, 0.4) is 0 Å². The number of carbonyl (C=O) groups excluding carboxylic acids is 1. The molecule has 3 rings (SSSR count). The van der Waals surface area contributed by atoms with E-state index in [0.717, 1.165) is 41.6 Å². The van der Waals surface area contributed by atoms with Crippen molar-refractivity contribution < 1.29 is 4.79 Å². The van der Waals surface area contributed by atoms with Crippen LogP contribution in [0.5, 0.6) is 0 Å². The van der Waals surface area contributed by atoms with Crippen molar-refractivity contribution in [3.63, 3.8) is 0 Å². The van der Waals surface area contributed by atoms with Gasteiger partial charge in [-0.25, -0.2) is 4.98 Å². The molecular weight excluding hydrogens is 330 g/mol. The van der Waals surface area contributed by atoms with Gasteiger partial charge in [-0.3, -0.25) is 9.69 Å². The zero-order valence-electron chi connectivity index (χ0n) is 13.4. The molecule has 122 valence electrons. The third-order valence-corrected chi connectivity index (χ3v) is 5.42. The highest BCUT2D eigenvalue weighted by atomic mass is 35.5. The topological polar surface area (TPSA) is 45.2 Å². The highest BCUT2D eigenvalue weighted by molar-refractivity contribution is 7.13. The number of anilines is 1. The molecule has 1 aromatic heterocycles. The number of aromatic nitrogens is 1. The fourth-order valence-corrected chi connectivity index (χ4v) is 4.04. The average molecular weight is 350 g/mol. The quantitative estimate of drug-likeness (QED) is 0.896. The standard InChI is InChI=1S/C17H20ClN3OS/c1-11-9-13(18)5-6-14(11)20-17(22)16-12(2)19-15(23-16)10-21-7-3-4-8-21/h5-6,9H,3-4,7-8,10H2,1-2H3,(H,20,22). The number of nitrogens with zero attached hydrogens (tertiary/aromatic N) is 2. The number of carbonyl (C=O) groups is 1. The van der Waals surface area contributed by atoms with Gasteiger partial charge in [0.05, 0.1) is 12.2 Å². The van der Waals surface area contributed by atoms with Gasteiger partial charge in [0.25, 0.3) is 5.91 Å². The Balaban J connectivity index is 1.72. The van der Waals surface area contributed by atoms with Gasteiger partial charge < -0.3 is 5.32 Å². The van der Waals surface area contributed by atoms with Gasteiger partial charge in [-0.2, -0.15) is 0 Å². The maximum Gasteiger partial charge on any atom is 0.267 e. The van der Waals surface area contributed by atoms with Gasteiger partial charge >= 0.3 is 0 Å².